The van der Waals surface area contributed by atoms with Crippen molar-refractivity contribution >= 4 is 5.84 Å². The number of ether oxygens (including phenoxy) is 2. The number of hydrogen-bond acceptors (Lipinski definition) is 3. The van der Waals surface area contributed by atoms with Gasteiger partial charge in [-0.2, -0.15) is 0 Å². The Kier molecular flexibility index (Phi) is 6.65. The Morgan fingerprint density at radius 1 is 1.33 bits per heavy atom. The Labute approximate surface area is 111 Å². The predicted octanol–water partition coefficient (Wildman–Crippen LogP) is 2.56. The highest BCUT2D eigenvalue weighted by atomic mass is 16.5. The van der Waals surface area contributed by atoms with E-state index in [9.17, 15) is 0 Å². The van der Waals surface area contributed by atoms with Crippen LogP contribution in [0.4, 0.5) is 0 Å². The number of hydrogen-bond donors (Lipinski definition) is 2. The van der Waals surface area contributed by atoms with Crippen molar-refractivity contribution in [1.82, 2.24) is 0 Å². The average molecular weight is 256 g/mol. The molecule has 0 aromatic heterocycles. The molecule has 1 aliphatic rings. The molecule has 18 heavy (non-hydrogen) atoms. The summed E-state index contributed by atoms with van der Waals surface area (Å²) in [5.74, 6) is 0.970. The summed E-state index contributed by atoms with van der Waals surface area (Å²) < 4.78 is 11.0. The second-order valence-corrected chi connectivity index (χ2v) is 5.89. The summed E-state index contributed by atoms with van der Waals surface area (Å²) in [6, 6.07) is 0. The van der Waals surface area contributed by atoms with Crippen molar-refractivity contribution in [2.75, 3.05) is 26.4 Å². The van der Waals surface area contributed by atoms with Crippen LogP contribution in [0.15, 0.2) is 0 Å². The summed E-state index contributed by atoms with van der Waals surface area (Å²) >= 11 is 0. The lowest BCUT2D eigenvalue weighted by molar-refractivity contribution is 0.0196. The Morgan fingerprint density at radius 2 is 2.00 bits per heavy atom. The van der Waals surface area contributed by atoms with Gasteiger partial charge in [-0.25, -0.2) is 0 Å². The van der Waals surface area contributed by atoms with Crippen molar-refractivity contribution in [2.24, 2.45) is 17.1 Å². The zero-order valence-electron chi connectivity index (χ0n) is 11.8. The lowest BCUT2D eigenvalue weighted by Crippen LogP contribution is -2.30. The summed E-state index contributed by atoms with van der Waals surface area (Å²) in [6.07, 6.45) is 5.36. The fourth-order valence-corrected chi connectivity index (χ4v) is 2.07. The molecule has 1 heterocycles. The largest absolute Gasteiger partial charge is 0.387 e. The first-order valence-electron chi connectivity index (χ1n) is 7.02. The zero-order valence-corrected chi connectivity index (χ0v) is 11.8. The lowest BCUT2D eigenvalue weighted by atomic mass is 9.86. The van der Waals surface area contributed by atoms with Gasteiger partial charge in [0.1, 0.15) is 0 Å². The maximum atomic E-state index is 7.48. The minimum absolute atomic E-state index is 0.166. The monoisotopic (exact) mass is 256 g/mol. The van der Waals surface area contributed by atoms with Gasteiger partial charge in [0.2, 0.25) is 0 Å². The van der Waals surface area contributed by atoms with E-state index in [0.717, 1.165) is 58.5 Å². The number of nitrogens with one attached hydrogen (secondary N) is 1. The predicted molar refractivity (Wildman–Crippen MR) is 73.9 cm³/mol. The summed E-state index contributed by atoms with van der Waals surface area (Å²) in [7, 11) is 0. The molecular weight excluding hydrogens is 228 g/mol. The Morgan fingerprint density at radius 3 is 2.61 bits per heavy atom. The third-order valence-corrected chi connectivity index (χ3v) is 3.76. The standard InChI is InChI=1S/C14H28N2O2/c1-14(2,13(15)16)7-3-4-8-18-11-12-5-9-17-10-6-12/h12H,3-11H2,1-2H3,(H3,15,16). The van der Waals surface area contributed by atoms with Crippen LogP contribution in [0.1, 0.15) is 46.0 Å². The molecule has 1 rings (SSSR count). The number of nitrogens with two attached hydrogens (primary N) is 1. The van der Waals surface area contributed by atoms with Crippen LogP contribution in [0, 0.1) is 16.7 Å². The van der Waals surface area contributed by atoms with Crippen molar-refractivity contribution in [3.8, 4) is 0 Å². The lowest BCUT2D eigenvalue weighted by Gasteiger charge is -2.23. The van der Waals surface area contributed by atoms with Gasteiger partial charge in [0.25, 0.3) is 0 Å². The molecule has 1 fully saturated rings. The fraction of sp³-hybridized carbons (Fsp3) is 0.929. The molecule has 0 bridgehead atoms. The van der Waals surface area contributed by atoms with Crippen LogP contribution in [0.2, 0.25) is 0 Å². The highest BCUT2D eigenvalue weighted by Crippen LogP contribution is 2.22. The first kappa shape index (κ1) is 15.4. The van der Waals surface area contributed by atoms with Crippen LogP contribution in [-0.4, -0.2) is 32.3 Å². The van der Waals surface area contributed by atoms with E-state index in [1.54, 1.807) is 0 Å². The van der Waals surface area contributed by atoms with Gasteiger partial charge in [-0.1, -0.05) is 20.3 Å². The summed E-state index contributed by atoms with van der Waals surface area (Å²) in [6.45, 7) is 7.53. The molecule has 4 nitrogen and oxygen atoms in total. The highest BCUT2D eigenvalue weighted by Gasteiger charge is 2.20. The molecule has 0 aromatic carbocycles. The molecule has 0 aromatic rings. The minimum atomic E-state index is -0.166. The molecule has 4 heteroatoms. The Balaban J connectivity index is 1.97. The van der Waals surface area contributed by atoms with Gasteiger partial charge in [-0.15, -0.1) is 0 Å². The van der Waals surface area contributed by atoms with Crippen molar-refractivity contribution in [2.45, 2.75) is 46.0 Å². The number of amidine groups is 1. The topological polar surface area (TPSA) is 68.3 Å². The van der Waals surface area contributed by atoms with Gasteiger partial charge in [0.15, 0.2) is 0 Å². The molecule has 0 aliphatic carbocycles. The van der Waals surface area contributed by atoms with Crippen molar-refractivity contribution in [3.05, 3.63) is 0 Å². The van der Waals surface area contributed by atoms with E-state index in [2.05, 4.69) is 0 Å². The summed E-state index contributed by atoms with van der Waals surface area (Å²) in [5, 5.41) is 7.48. The van der Waals surface area contributed by atoms with Crippen molar-refractivity contribution in [1.29, 1.82) is 5.41 Å². The quantitative estimate of drug-likeness (QED) is 0.398. The van der Waals surface area contributed by atoms with E-state index in [1.807, 2.05) is 13.8 Å². The van der Waals surface area contributed by atoms with Crippen LogP contribution >= 0.6 is 0 Å². The van der Waals surface area contributed by atoms with Gasteiger partial charge >= 0.3 is 0 Å². The van der Waals surface area contributed by atoms with E-state index in [4.69, 9.17) is 20.6 Å². The summed E-state index contributed by atoms with van der Waals surface area (Å²) in [5.41, 5.74) is 5.38. The maximum absolute atomic E-state index is 7.48. The first-order chi connectivity index (χ1) is 8.52. The normalized spacial score (nSPS) is 17.9. The summed E-state index contributed by atoms with van der Waals surface area (Å²) in [4.78, 5) is 0. The van der Waals surface area contributed by atoms with Crippen LogP contribution in [0.5, 0.6) is 0 Å². The minimum Gasteiger partial charge on any atom is -0.387 e. The number of unbranched alkanes of at least 4 members (excludes halogenated alkanes) is 1. The van der Waals surface area contributed by atoms with Gasteiger partial charge in [0, 0.05) is 31.8 Å². The van der Waals surface area contributed by atoms with Crippen LogP contribution in [-0.2, 0) is 9.47 Å². The molecule has 106 valence electrons. The van der Waals surface area contributed by atoms with E-state index >= 15 is 0 Å². The Hall–Kier alpha value is -0.610. The SMILES string of the molecule is CC(C)(CCCCOCC1CCOCC1)C(=N)N. The molecule has 0 atom stereocenters. The molecule has 1 aliphatic heterocycles. The molecule has 1 saturated heterocycles. The number of rotatable bonds is 8. The fourth-order valence-electron chi connectivity index (χ4n) is 2.07. The van der Waals surface area contributed by atoms with E-state index in [-0.39, 0.29) is 11.3 Å². The van der Waals surface area contributed by atoms with E-state index < -0.39 is 0 Å². The van der Waals surface area contributed by atoms with E-state index in [0.29, 0.717) is 5.92 Å². The third kappa shape index (κ3) is 5.83. The third-order valence-electron chi connectivity index (χ3n) is 3.76. The molecular formula is C14H28N2O2. The zero-order chi connectivity index (χ0) is 13.4. The molecule has 0 spiro atoms. The molecule has 0 radical (unpaired) electrons. The van der Waals surface area contributed by atoms with Crippen LogP contribution < -0.4 is 5.73 Å². The second-order valence-electron chi connectivity index (χ2n) is 5.89. The maximum Gasteiger partial charge on any atom is 0.0963 e. The van der Waals surface area contributed by atoms with Gasteiger partial charge < -0.3 is 15.2 Å². The molecule has 0 unspecified atom stereocenters. The van der Waals surface area contributed by atoms with Gasteiger partial charge in [-0.05, 0) is 31.6 Å². The molecule has 0 amide bonds. The smallest absolute Gasteiger partial charge is 0.0963 e. The molecule has 0 saturated carbocycles. The Bertz CT molecular complexity index is 248. The van der Waals surface area contributed by atoms with Crippen LogP contribution in [0.3, 0.4) is 0 Å². The van der Waals surface area contributed by atoms with Crippen molar-refractivity contribution in [3.63, 3.8) is 0 Å². The van der Waals surface area contributed by atoms with Gasteiger partial charge in [0.05, 0.1) is 5.84 Å². The molecule has 3 N–H and O–H groups in total. The van der Waals surface area contributed by atoms with Crippen LogP contribution in [0.25, 0.3) is 0 Å². The average Bonchev–Trinajstić information content (AvgIpc) is 2.34. The van der Waals surface area contributed by atoms with Gasteiger partial charge in [-0.3, -0.25) is 5.41 Å². The first-order valence-corrected chi connectivity index (χ1v) is 7.02. The van der Waals surface area contributed by atoms with E-state index in [1.165, 1.54) is 0 Å². The van der Waals surface area contributed by atoms with Crippen molar-refractivity contribution < 1.29 is 9.47 Å². The second kappa shape index (κ2) is 7.74. The highest BCUT2D eigenvalue weighted by molar-refractivity contribution is 5.82.